The van der Waals surface area contributed by atoms with Crippen LogP contribution < -0.4 is 0 Å². The average molecular weight is 640 g/mol. The summed E-state index contributed by atoms with van der Waals surface area (Å²) in [5.41, 5.74) is 11.3. The van der Waals surface area contributed by atoms with Crippen LogP contribution in [-0.2, 0) is 0 Å². The van der Waals surface area contributed by atoms with Gasteiger partial charge in [-0.3, -0.25) is 4.57 Å². The zero-order chi connectivity index (χ0) is 36.3. The van der Waals surface area contributed by atoms with Gasteiger partial charge in [0, 0.05) is 14.9 Å². The van der Waals surface area contributed by atoms with Gasteiger partial charge < -0.3 is 4.42 Å². The summed E-state index contributed by atoms with van der Waals surface area (Å²) in [6.45, 7) is 6.44. The monoisotopic (exact) mass is 639 g/mol. The van der Waals surface area contributed by atoms with Gasteiger partial charge in [0.05, 0.1) is 22.3 Å². The summed E-state index contributed by atoms with van der Waals surface area (Å²) < 4.78 is 33.8. The molecular weight excluding hydrogens is 601 g/mol. The molecule has 0 unspecified atom stereocenters. The Kier molecular flexibility index (Phi) is 6.57. The Labute approximate surface area is 290 Å². The normalized spacial score (nSPS) is 12.9. The van der Waals surface area contributed by atoms with Crippen molar-refractivity contribution in [1.82, 2.24) is 14.5 Å². The summed E-state index contributed by atoms with van der Waals surface area (Å²) in [4.78, 5) is 9.62. The highest BCUT2D eigenvalue weighted by Crippen LogP contribution is 2.43. The number of hydrogen-bond donors (Lipinski definition) is 0. The molecule has 8 rings (SSSR count). The summed E-state index contributed by atoms with van der Waals surface area (Å²) in [5, 5.41) is 10.6. The number of furan rings is 1. The van der Waals surface area contributed by atoms with E-state index in [0.717, 1.165) is 39.0 Å². The fourth-order valence-corrected chi connectivity index (χ4v) is 6.90. The Bertz CT molecular complexity index is 2650. The van der Waals surface area contributed by atoms with Crippen LogP contribution in [0.4, 0.5) is 0 Å². The lowest BCUT2D eigenvalue weighted by molar-refractivity contribution is 0.654. The number of pyridine rings is 1. The van der Waals surface area contributed by atoms with Crippen LogP contribution in [0.5, 0.6) is 0 Å². The number of fused-ring (bicyclic) bond motifs is 4. The summed E-state index contributed by atoms with van der Waals surface area (Å²) in [5.74, 6) is 0.942. The molecule has 0 radical (unpaired) electrons. The first-order valence-electron chi connectivity index (χ1n) is 18.1. The van der Waals surface area contributed by atoms with E-state index in [2.05, 4.69) is 110 Å². The Morgan fingerprint density at radius 3 is 2.04 bits per heavy atom. The zero-order valence-corrected chi connectivity index (χ0v) is 27.8. The maximum absolute atomic E-state index is 9.57. The second kappa shape index (κ2) is 11.9. The smallest absolute Gasteiger partial charge is 0.228 e. The second-order valence-electron chi connectivity index (χ2n) is 13.1. The van der Waals surface area contributed by atoms with Crippen LogP contribution in [0.25, 0.3) is 72.4 Å². The predicted octanol–water partition coefficient (Wildman–Crippen LogP) is 11.7. The van der Waals surface area contributed by atoms with Crippen molar-refractivity contribution in [3.05, 3.63) is 138 Å². The van der Waals surface area contributed by atoms with Crippen molar-refractivity contribution in [2.45, 2.75) is 46.4 Å². The molecule has 0 fully saturated rings. The Hall–Kier alpha value is -5.99. The minimum absolute atomic E-state index is 0.155. The van der Waals surface area contributed by atoms with Gasteiger partial charge in [-0.15, -0.1) is 0 Å². The summed E-state index contributed by atoms with van der Waals surface area (Å²) in [6, 6.07) is 40.6. The van der Waals surface area contributed by atoms with Crippen LogP contribution >= 0.6 is 0 Å². The minimum Gasteiger partial charge on any atom is -0.437 e. The van der Waals surface area contributed by atoms with Gasteiger partial charge in [0.15, 0.2) is 0 Å². The van der Waals surface area contributed by atoms with Crippen molar-refractivity contribution < 1.29 is 8.53 Å². The number of nitriles is 1. The number of aromatic nitrogens is 3. The molecule has 5 nitrogen and oxygen atoms in total. The highest BCUT2D eigenvalue weighted by molar-refractivity contribution is 6.10. The van der Waals surface area contributed by atoms with E-state index < -0.39 is 6.85 Å². The third-order valence-corrected chi connectivity index (χ3v) is 9.36. The topological polar surface area (TPSA) is 67.6 Å². The van der Waals surface area contributed by atoms with Crippen molar-refractivity contribution in [3.8, 4) is 45.4 Å². The molecule has 0 bridgehead atoms. The number of hydrogen-bond acceptors (Lipinski definition) is 4. The molecule has 0 saturated heterocycles. The predicted molar refractivity (Wildman–Crippen MR) is 200 cm³/mol. The number of benzene rings is 5. The fraction of sp³-hybridized carbons (Fsp3) is 0.159. The van der Waals surface area contributed by atoms with Gasteiger partial charge in [0.1, 0.15) is 23.2 Å². The van der Waals surface area contributed by atoms with Crippen LogP contribution in [0.1, 0.15) is 66.0 Å². The van der Waals surface area contributed by atoms with E-state index in [1.807, 2.05) is 24.3 Å². The van der Waals surface area contributed by atoms with Crippen LogP contribution in [0.15, 0.2) is 120 Å². The highest BCUT2D eigenvalue weighted by atomic mass is 16.3. The van der Waals surface area contributed by atoms with Crippen molar-refractivity contribution in [1.29, 1.82) is 5.26 Å². The maximum atomic E-state index is 9.57. The second-order valence-corrected chi connectivity index (χ2v) is 13.1. The SMILES string of the molecule is [2H]C([2H])([2H])c1ccc(-c2nc3ccccc3n2-c2c(C(C)C)cc(-c3ccc(-c4ccccc4)cc3)cc2C(C)C)c2oc3nc(C#N)ccc3c12. The Morgan fingerprint density at radius 2 is 1.37 bits per heavy atom. The number of rotatable bonds is 6. The largest absolute Gasteiger partial charge is 0.437 e. The van der Waals surface area contributed by atoms with Gasteiger partial charge in [-0.2, -0.15) is 5.26 Å². The molecule has 3 heterocycles. The van der Waals surface area contributed by atoms with E-state index in [4.69, 9.17) is 13.5 Å². The van der Waals surface area contributed by atoms with Gasteiger partial charge in [0.25, 0.3) is 0 Å². The molecule has 5 aromatic carbocycles. The van der Waals surface area contributed by atoms with Crippen LogP contribution in [0, 0.1) is 18.2 Å². The number of aryl methyl sites for hydroxylation is 1. The summed E-state index contributed by atoms with van der Waals surface area (Å²) >= 11 is 0. The fourth-order valence-electron chi connectivity index (χ4n) is 6.90. The lowest BCUT2D eigenvalue weighted by Gasteiger charge is -2.24. The van der Waals surface area contributed by atoms with Gasteiger partial charge in [0.2, 0.25) is 5.71 Å². The van der Waals surface area contributed by atoms with E-state index >= 15 is 0 Å². The molecule has 0 aliphatic rings. The van der Waals surface area contributed by atoms with Crippen molar-refractivity contribution in [2.24, 2.45) is 0 Å². The van der Waals surface area contributed by atoms with Crippen molar-refractivity contribution >= 4 is 33.1 Å². The van der Waals surface area contributed by atoms with Crippen molar-refractivity contribution in [3.63, 3.8) is 0 Å². The Morgan fingerprint density at radius 1 is 0.714 bits per heavy atom. The third-order valence-electron chi connectivity index (χ3n) is 9.36. The molecule has 0 aliphatic heterocycles. The quantitative estimate of drug-likeness (QED) is 0.182. The number of imidazole rings is 1. The molecule has 0 amide bonds. The maximum Gasteiger partial charge on any atom is 0.228 e. The molecule has 49 heavy (non-hydrogen) atoms. The molecule has 0 spiro atoms. The number of para-hydroxylation sites is 2. The standard InChI is InChI=1S/C44H36N4O/c1-26(2)36-23-32(31-18-16-30(17-19-31)29-11-7-6-8-12-29)24-37(27(3)4)41(36)48-39-14-10-9-13-38(39)47-43(48)35-21-15-28(5)40-34-22-20-33(25-45)46-44(34)49-42(35)40/h6-24,26-27H,1-5H3/i5D3. The first-order valence-corrected chi connectivity index (χ1v) is 16.6. The number of nitrogens with zero attached hydrogens (tertiary/aromatic N) is 4. The van der Waals surface area contributed by atoms with E-state index in [0.29, 0.717) is 27.7 Å². The molecule has 5 heteroatoms. The van der Waals surface area contributed by atoms with Gasteiger partial charge in [-0.05, 0) is 100 Å². The average Bonchev–Trinajstić information content (AvgIpc) is 3.72. The lowest BCUT2D eigenvalue weighted by Crippen LogP contribution is -2.09. The van der Waals surface area contributed by atoms with Gasteiger partial charge >= 0.3 is 0 Å². The molecule has 3 aromatic heterocycles. The third kappa shape index (κ3) is 5.08. The lowest BCUT2D eigenvalue weighted by atomic mass is 9.87. The molecule has 8 aromatic rings. The van der Waals surface area contributed by atoms with Gasteiger partial charge in [-0.25, -0.2) is 9.97 Å². The van der Waals surface area contributed by atoms with E-state index in [1.54, 1.807) is 24.3 Å². The van der Waals surface area contributed by atoms with Crippen LogP contribution in [0.3, 0.4) is 0 Å². The summed E-state index contributed by atoms with van der Waals surface area (Å²) in [7, 11) is 0. The van der Waals surface area contributed by atoms with Crippen molar-refractivity contribution in [2.75, 3.05) is 0 Å². The van der Waals surface area contributed by atoms with E-state index in [9.17, 15) is 5.26 Å². The van der Waals surface area contributed by atoms with E-state index in [-0.39, 0.29) is 28.8 Å². The first kappa shape index (κ1) is 27.0. The molecule has 0 saturated carbocycles. The molecular formula is C44H36N4O. The summed E-state index contributed by atoms with van der Waals surface area (Å²) in [6.07, 6.45) is 0. The van der Waals surface area contributed by atoms with Gasteiger partial charge in [-0.1, -0.05) is 100 Å². The zero-order valence-electron chi connectivity index (χ0n) is 30.8. The first-order chi connectivity index (χ1) is 25.0. The molecule has 0 atom stereocenters. The van der Waals surface area contributed by atoms with E-state index in [1.165, 1.54) is 11.1 Å². The Balaban J connectivity index is 1.40. The minimum atomic E-state index is -2.41. The highest BCUT2D eigenvalue weighted by Gasteiger charge is 2.26. The molecule has 0 N–H and O–H groups in total. The molecule has 238 valence electrons. The van der Waals surface area contributed by atoms with Crippen LogP contribution in [0.2, 0.25) is 0 Å². The van der Waals surface area contributed by atoms with Crippen LogP contribution in [-0.4, -0.2) is 14.5 Å². The molecule has 0 aliphatic carbocycles.